The summed E-state index contributed by atoms with van der Waals surface area (Å²) in [6.07, 6.45) is 2.09. The van der Waals surface area contributed by atoms with E-state index in [0.29, 0.717) is 17.4 Å². The lowest BCUT2D eigenvalue weighted by Crippen LogP contribution is -2.49. The van der Waals surface area contributed by atoms with Crippen molar-refractivity contribution in [3.8, 4) is 0 Å². The van der Waals surface area contributed by atoms with Crippen molar-refractivity contribution >= 4 is 22.4 Å². The first-order valence-corrected chi connectivity index (χ1v) is 9.02. The Morgan fingerprint density at radius 1 is 1.16 bits per heavy atom. The number of anilines is 1. The van der Waals surface area contributed by atoms with Crippen molar-refractivity contribution in [2.75, 3.05) is 44.3 Å². The summed E-state index contributed by atoms with van der Waals surface area (Å²) in [4.78, 5) is 19.3. The average molecular weight is 345 g/mol. The summed E-state index contributed by atoms with van der Waals surface area (Å²) in [6, 6.07) is 5.66. The van der Waals surface area contributed by atoms with E-state index in [1.165, 1.54) is 13.0 Å². The maximum atomic E-state index is 14.6. The van der Waals surface area contributed by atoms with Crippen molar-refractivity contribution < 1.29 is 13.9 Å². The number of carbonyl (C=O) groups is 1. The number of ketones is 1. The molecule has 3 heterocycles. The summed E-state index contributed by atoms with van der Waals surface area (Å²) in [6.45, 7) is 6.85. The van der Waals surface area contributed by atoms with Crippen molar-refractivity contribution in [1.82, 2.24) is 9.88 Å². The van der Waals surface area contributed by atoms with Crippen LogP contribution in [0.4, 0.5) is 10.1 Å². The van der Waals surface area contributed by atoms with Gasteiger partial charge in [-0.2, -0.15) is 0 Å². The topological polar surface area (TPSA) is 48.6 Å². The Kier molecular flexibility index (Phi) is 4.48. The molecule has 2 saturated heterocycles. The minimum Gasteiger partial charge on any atom is -0.379 e. The van der Waals surface area contributed by atoms with Gasteiger partial charge < -0.3 is 14.6 Å². The molecule has 2 aliphatic rings. The summed E-state index contributed by atoms with van der Waals surface area (Å²) < 4.78 is 20.0. The van der Waals surface area contributed by atoms with Crippen molar-refractivity contribution in [2.24, 2.45) is 0 Å². The van der Waals surface area contributed by atoms with Gasteiger partial charge in [0.05, 0.1) is 24.6 Å². The zero-order valence-corrected chi connectivity index (χ0v) is 14.6. The fourth-order valence-corrected chi connectivity index (χ4v) is 3.99. The monoisotopic (exact) mass is 345 g/mol. The van der Waals surface area contributed by atoms with Gasteiger partial charge in [0.2, 0.25) is 0 Å². The number of hydrogen-bond acceptors (Lipinski definition) is 4. The number of halogens is 1. The van der Waals surface area contributed by atoms with Crippen molar-refractivity contribution in [3.05, 3.63) is 29.7 Å². The van der Waals surface area contributed by atoms with Gasteiger partial charge in [-0.25, -0.2) is 4.39 Å². The first-order chi connectivity index (χ1) is 12.1. The van der Waals surface area contributed by atoms with Gasteiger partial charge in [-0.05, 0) is 31.0 Å². The first-order valence-electron chi connectivity index (χ1n) is 9.02. The molecule has 0 atom stereocenters. The molecule has 134 valence electrons. The van der Waals surface area contributed by atoms with Crippen LogP contribution in [0.25, 0.3) is 10.9 Å². The minimum absolute atomic E-state index is 0.0375. The van der Waals surface area contributed by atoms with Crippen LogP contribution in [-0.4, -0.2) is 61.1 Å². The Morgan fingerprint density at radius 3 is 2.56 bits per heavy atom. The van der Waals surface area contributed by atoms with Crippen LogP contribution in [0.3, 0.4) is 0 Å². The molecule has 1 aromatic carbocycles. The number of rotatable bonds is 3. The standard InChI is InChI=1S/C19H24FN3O2/c1-13(24)17-11-14-10-16(20)19(12-18(14)21-17)23-4-2-15(3-5-23)22-6-8-25-9-7-22/h10-12,15,21H,2-9H2,1H3. The van der Waals surface area contributed by atoms with E-state index in [1.807, 2.05) is 6.07 Å². The molecule has 0 bridgehead atoms. The summed E-state index contributed by atoms with van der Waals surface area (Å²) >= 11 is 0. The van der Waals surface area contributed by atoms with Crippen LogP contribution < -0.4 is 4.90 Å². The van der Waals surface area contributed by atoms with Crippen LogP contribution >= 0.6 is 0 Å². The van der Waals surface area contributed by atoms with E-state index < -0.39 is 0 Å². The van der Waals surface area contributed by atoms with Crippen LogP contribution in [0.2, 0.25) is 0 Å². The number of nitrogens with zero attached hydrogens (tertiary/aromatic N) is 2. The highest BCUT2D eigenvalue weighted by atomic mass is 19.1. The molecule has 5 nitrogen and oxygen atoms in total. The molecule has 2 aliphatic heterocycles. The van der Waals surface area contributed by atoms with E-state index in [2.05, 4.69) is 14.8 Å². The van der Waals surface area contributed by atoms with Crippen molar-refractivity contribution in [2.45, 2.75) is 25.8 Å². The number of piperidine rings is 1. The number of aromatic amines is 1. The van der Waals surface area contributed by atoms with E-state index in [9.17, 15) is 9.18 Å². The van der Waals surface area contributed by atoms with Gasteiger partial charge in [-0.15, -0.1) is 0 Å². The molecule has 0 spiro atoms. The molecule has 4 rings (SSSR count). The lowest BCUT2D eigenvalue weighted by molar-refractivity contribution is 0.0115. The number of morpholine rings is 1. The smallest absolute Gasteiger partial charge is 0.175 e. The lowest BCUT2D eigenvalue weighted by Gasteiger charge is -2.40. The maximum Gasteiger partial charge on any atom is 0.175 e. The number of ether oxygens (including phenoxy) is 1. The first kappa shape index (κ1) is 16.5. The fourth-order valence-electron chi connectivity index (χ4n) is 3.99. The Bertz CT molecular complexity index is 774. The predicted octanol–water partition coefficient (Wildman–Crippen LogP) is 2.81. The second kappa shape index (κ2) is 6.77. The van der Waals surface area contributed by atoms with Crippen LogP contribution in [-0.2, 0) is 4.74 Å². The zero-order chi connectivity index (χ0) is 17.4. The summed E-state index contributed by atoms with van der Waals surface area (Å²) in [5.41, 5.74) is 1.97. The van der Waals surface area contributed by atoms with Crippen LogP contribution in [0.5, 0.6) is 0 Å². The third-order valence-corrected chi connectivity index (χ3v) is 5.43. The number of fused-ring (bicyclic) bond motifs is 1. The third kappa shape index (κ3) is 3.28. The fraction of sp³-hybridized carbons (Fsp3) is 0.526. The summed E-state index contributed by atoms with van der Waals surface area (Å²) in [7, 11) is 0. The normalized spacial score (nSPS) is 20.3. The predicted molar refractivity (Wildman–Crippen MR) is 95.9 cm³/mol. The Morgan fingerprint density at radius 2 is 1.88 bits per heavy atom. The Balaban J connectivity index is 1.50. The SMILES string of the molecule is CC(=O)c1cc2cc(F)c(N3CCC(N4CCOCC4)CC3)cc2[nH]1. The van der Waals surface area contributed by atoms with Gasteiger partial charge in [0.25, 0.3) is 0 Å². The van der Waals surface area contributed by atoms with Crippen molar-refractivity contribution in [1.29, 1.82) is 0 Å². The Labute approximate surface area is 146 Å². The molecule has 2 fully saturated rings. The van der Waals surface area contributed by atoms with Gasteiger partial charge in [0.15, 0.2) is 5.78 Å². The molecule has 25 heavy (non-hydrogen) atoms. The molecule has 1 N–H and O–H groups in total. The molecule has 0 amide bonds. The number of benzene rings is 1. The molecular formula is C19H24FN3O2. The molecule has 0 saturated carbocycles. The van der Waals surface area contributed by atoms with Gasteiger partial charge in [0, 0.05) is 50.0 Å². The molecule has 1 aromatic heterocycles. The van der Waals surface area contributed by atoms with Gasteiger partial charge in [0.1, 0.15) is 5.82 Å². The highest BCUT2D eigenvalue weighted by Crippen LogP contribution is 2.29. The van der Waals surface area contributed by atoms with E-state index in [4.69, 9.17) is 4.74 Å². The van der Waals surface area contributed by atoms with E-state index >= 15 is 0 Å². The number of Topliss-reactive ketones (excluding diaryl/α,β-unsaturated/α-hetero) is 1. The molecule has 6 heteroatoms. The minimum atomic E-state index is -0.216. The molecule has 0 aliphatic carbocycles. The maximum absolute atomic E-state index is 14.6. The number of nitrogens with one attached hydrogen (secondary N) is 1. The van der Waals surface area contributed by atoms with E-state index in [0.717, 1.165) is 63.1 Å². The average Bonchev–Trinajstić information content (AvgIpc) is 3.05. The van der Waals surface area contributed by atoms with Gasteiger partial charge in [-0.1, -0.05) is 0 Å². The summed E-state index contributed by atoms with van der Waals surface area (Å²) in [5, 5.41) is 0.745. The number of aromatic nitrogens is 1. The third-order valence-electron chi connectivity index (χ3n) is 5.43. The lowest BCUT2D eigenvalue weighted by atomic mass is 10.0. The van der Waals surface area contributed by atoms with Crippen LogP contribution in [0.15, 0.2) is 18.2 Å². The van der Waals surface area contributed by atoms with E-state index in [-0.39, 0.29) is 11.6 Å². The van der Waals surface area contributed by atoms with Crippen molar-refractivity contribution in [3.63, 3.8) is 0 Å². The molecule has 0 unspecified atom stereocenters. The number of carbonyl (C=O) groups excluding carboxylic acids is 1. The Hall–Kier alpha value is -1.92. The van der Waals surface area contributed by atoms with Crippen LogP contribution in [0, 0.1) is 5.82 Å². The zero-order valence-electron chi connectivity index (χ0n) is 14.6. The van der Waals surface area contributed by atoms with Crippen LogP contribution in [0.1, 0.15) is 30.3 Å². The molecular weight excluding hydrogens is 321 g/mol. The number of hydrogen-bond donors (Lipinski definition) is 1. The highest BCUT2D eigenvalue weighted by Gasteiger charge is 2.27. The highest BCUT2D eigenvalue weighted by molar-refractivity contribution is 5.98. The largest absolute Gasteiger partial charge is 0.379 e. The second-order valence-corrected chi connectivity index (χ2v) is 7.00. The molecule has 2 aromatic rings. The van der Waals surface area contributed by atoms with Gasteiger partial charge in [-0.3, -0.25) is 9.69 Å². The molecule has 0 radical (unpaired) electrons. The van der Waals surface area contributed by atoms with Gasteiger partial charge >= 0.3 is 0 Å². The second-order valence-electron chi connectivity index (χ2n) is 7.00. The van der Waals surface area contributed by atoms with E-state index in [1.54, 1.807) is 6.07 Å². The number of H-pyrrole nitrogens is 1. The quantitative estimate of drug-likeness (QED) is 0.869. The summed E-state index contributed by atoms with van der Waals surface area (Å²) in [5.74, 6) is -0.254.